The van der Waals surface area contributed by atoms with Gasteiger partial charge in [0.25, 0.3) is 0 Å². The summed E-state index contributed by atoms with van der Waals surface area (Å²) in [5, 5.41) is 13.4. The van der Waals surface area contributed by atoms with Gasteiger partial charge in [0.2, 0.25) is 0 Å². The van der Waals surface area contributed by atoms with Crippen LogP contribution in [0, 0.1) is 11.3 Å². The van der Waals surface area contributed by atoms with E-state index in [4.69, 9.17) is 28.5 Å². The first-order valence-corrected chi connectivity index (χ1v) is 6.59. The quantitative estimate of drug-likeness (QED) is 0.918. The number of hydrogen-bond acceptors (Lipinski definition) is 2. The normalized spacial score (nSPS) is 10.2. The second-order valence-corrected chi connectivity index (χ2v) is 4.93. The van der Waals surface area contributed by atoms with Gasteiger partial charge >= 0.3 is 0 Å². The molecule has 0 aliphatic rings. The van der Waals surface area contributed by atoms with Crippen LogP contribution < -0.4 is 5.32 Å². The molecule has 2 aromatic carbocycles. The zero-order valence-corrected chi connectivity index (χ0v) is 11.7. The Hall–Kier alpha value is -1.53. The van der Waals surface area contributed by atoms with E-state index in [2.05, 4.69) is 11.4 Å². The van der Waals surface area contributed by atoms with Crippen LogP contribution in [0.5, 0.6) is 0 Å². The van der Waals surface area contributed by atoms with Gasteiger partial charge in [0.05, 0.1) is 11.6 Å². The molecule has 0 radical (unpaired) electrons. The number of hydrogen-bond donors (Lipinski definition) is 1. The first-order chi connectivity index (χ1) is 9.20. The fourth-order valence-corrected chi connectivity index (χ4v) is 2.18. The monoisotopic (exact) mass is 290 g/mol. The molecule has 0 fully saturated rings. The van der Waals surface area contributed by atoms with E-state index >= 15 is 0 Å². The third-order valence-corrected chi connectivity index (χ3v) is 3.49. The van der Waals surface area contributed by atoms with Crippen LogP contribution in [-0.2, 0) is 13.1 Å². The summed E-state index contributed by atoms with van der Waals surface area (Å²) in [7, 11) is 0. The Morgan fingerprint density at radius 2 is 1.63 bits per heavy atom. The summed E-state index contributed by atoms with van der Waals surface area (Å²) in [4.78, 5) is 0. The standard InChI is InChI=1S/C15H12Cl2N2/c16-14-4-2-1-3-12(14)9-19-10-13-6-5-11(8-18)7-15(13)17/h1-7,19H,9-10H2. The maximum atomic E-state index is 8.77. The van der Waals surface area contributed by atoms with Crippen LogP contribution >= 0.6 is 23.2 Å². The lowest BCUT2D eigenvalue weighted by Crippen LogP contribution is -2.13. The SMILES string of the molecule is N#Cc1ccc(CNCc2ccccc2Cl)c(Cl)c1. The molecule has 0 bridgehead atoms. The van der Waals surface area contributed by atoms with Crippen molar-refractivity contribution in [2.24, 2.45) is 0 Å². The molecule has 4 heteroatoms. The van der Waals surface area contributed by atoms with Crippen molar-refractivity contribution >= 4 is 23.2 Å². The summed E-state index contributed by atoms with van der Waals surface area (Å²) in [5.41, 5.74) is 2.58. The van der Waals surface area contributed by atoms with Crippen LogP contribution in [0.2, 0.25) is 10.0 Å². The van der Waals surface area contributed by atoms with Gasteiger partial charge < -0.3 is 5.32 Å². The van der Waals surface area contributed by atoms with E-state index in [0.29, 0.717) is 23.7 Å². The Kier molecular flexibility index (Phi) is 4.81. The van der Waals surface area contributed by atoms with Crippen LogP contribution in [-0.4, -0.2) is 0 Å². The number of benzene rings is 2. The third-order valence-electron chi connectivity index (χ3n) is 2.77. The zero-order chi connectivity index (χ0) is 13.7. The Bertz CT molecular complexity index is 618. The Labute approximate surface area is 122 Å². The number of halogens is 2. The highest BCUT2D eigenvalue weighted by molar-refractivity contribution is 6.31. The largest absolute Gasteiger partial charge is 0.309 e. The minimum Gasteiger partial charge on any atom is -0.309 e. The van der Waals surface area contributed by atoms with E-state index in [1.54, 1.807) is 12.1 Å². The third kappa shape index (κ3) is 3.71. The Morgan fingerprint density at radius 1 is 0.947 bits per heavy atom. The van der Waals surface area contributed by atoms with Gasteiger partial charge in [-0.1, -0.05) is 47.5 Å². The van der Waals surface area contributed by atoms with Crippen molar-refractivity contribution in [1.82, 2.24) is 5.32 Å². The van der Waals surface area contributed by atoms with Gasteiger partial charge in [-0.15, -0.1) is 0 Å². The minimum absolute atomic E-state index is 0.569. The molecule has 2 nitrogen and oxygen atoms in total. The summed E-state index contributed by atoms with van der Waals surface area (Å²) >= 11 is 12.2. The molecule has 0 atom stereocenters. The molecule has 0 unspecified atom stereocenters. The first kappa shape index (κ1) is 13.9. The molecular weight excluding hydrogens is 279 g/mol. The molecule has 0 aliphatic carbocycles. The lowest BCUT2D eigenvalue weighted by Gasteiger charge is -2.08. The van der Waals surface area contributed by atoms with Crippen molar-refractivity contribution in [3.05, 3.63) is 69.2 Å². The summed E-state index contributed by atoms with van der Waals surface area (Å²) in [6.07, 6.45) is 0. The van der Waals surface area contributed by atoms with Gasteiger partial charge in [-0.2, -0.15) is 5.26 Å². The van der Waals surface area contributed by atoms with Crippen molar-refractivity contribution < 1.29 is 0 Å². The molecule has 19 heavy (non-hydrogen) atoms. The van der Waals surface area contributed by atoms with Gasteiger partial charge in [0.15, 0.2) is 0 Å². The Morgan fingerprint density at radius 3 is 2.26 bits per heavy atom. The molecule has 2 aromatic rings. The predicted molar refractivity (Wildman–Crippen MR) is 78.2 cm³/mol. The second kappa shape index (κ2) is 6.58. The zero-order valence-electron chi connectivity index (χ0n) is 10.2. The van der Waals surface area contributed by atoms with Crippen LogP contribution in [0.15, 0.2) is 42.5 Å². The van der Waals surface area contributed by atoms with Gasteiger partial charge in [0, 0.05) is 23.1 Å². The van der Waals surface area contributed by atoms with Crippen molar-refractivity contribution in [2.45, 2.75) is 13.1 Å². The van der Waals surface area contributed by atoms with Crippen molar-refractivity contribution in [3.63, 3.8) is 0 Å². The van der Waals surface area contributed by atoms with Crippen LogP contribution in [0.3, 0.4) is 0 Å². The fraction of sp³-hybridized carbons (Fsp3) is 0.133. The van der Waals surface area contributed by atoms with Crippen molar-refractivity contribution in [2.75, 3.05) is 0 Å². The fourth-order valence-electron chi connectivity index (χ4n) is 1.73. The molecule has 0 heterocycles. The van der Waals surface area contributed by atoms with Crippen molar-refractivity contribution in [3.8, 4) is 6.07 Å². The molecule has 0 saturated heterocycles. The molecule has 2 rings (SSSR count). The minimum atomic E-state index is 0.569. The van der Waals surface area contributed by atoms with Gasteiger partial charge in [0.1, 0.15) is 0 Å². The molecule has 0 spiro atoms. The predicted octanol–water partition coefficient (Wildman–Crippen LogP) is 4.15. The maximum absolute atomic E-state index is 8.77. The lowest BCUT2D eigenvalue weighted by molar-refractivity contribution is 0.693. The summed E-state index contributed by atoms with van der Waals surface area (Å²) < 4.78 is 0. The smallest absolute Gasteiger partial charge is 0.0992 e. The van der Waals surface area contributed by atoms with Crippen LogP contribution in [0.4, 0.5) is 0 Å². The molecular formula is C15H12Cl2N2. The highest BCUT2D eigenvalue weighted by Gasteiger charge is 2.03. The topological polar surface area (TPSA) is 35.8 Å². The van der Waals surface area contributed by atoms with E-state index in [1.165, 1.54) is 0 Å². The molecule has 96 valence electrons. The Balaban J connectivity index is 1.97. The van der Waals surface area contributed by atoms with Crippen LogP contribution in [0.1, 0.15) is 16.7 Å². The molecule has 0 aliphatic heterocycles. The van der Waals surface area contributed by atoms with E-state index in [9.17, 15) is 0 Å². The lowest BCUT2D eigenvalue weighted by atomic mass is 10.1. The molecule has 0 amide bonds. The average Bonchev–Trinajstić information content (AvgIpc) is 2.42. The van der Waals surface area contributed by atoms with Gasteiger partial charge in [-0.05, 0) is 29.3 Å². The summed E-state index contributed by atoms with van der Waals surface area (Å²) in [6, 6.07) is 15.1. The second-order valence-electron chi connectivity index (χ2n) is 4.11. The number of nitriles is 1. The van der Waals surface area contributed by atoms with E-state index in [-0.39, 0.29) is 0 Å². The molecule has 1 N–H and O–H groups in total. The molecule has 0 aromatic heterocycles. The highest BCUT2D eigenvalue weighted by Crippen LogP contribution is 2.18. The highest BCUT2D eigenvalue weighted by atomic mass is 35.5. The van der Waals surface area contributed by atoms with E-state index in [1.807, 2.05) is 30.3 Å². The van der Waals surface area contributed by atoms with Gasteiger partial charge in [-0.3, -0.25) is 0 Å². The summed E-state index contributed by atoms with van der Waals surface area (Å²) in [6.45, 7) is 1.31. The molecule has 0 saturated carbocycles. The first-order valence-electron chi connectivity index (χ1n) is 5.83. The average molecular weight is 291 g/mol. The maximum Gasteiger partial charge on any atom is 0.0992 e. The van der Waals surface area contributed by atoms with E-state index < -0.39 is 0 Å². The number of nitrogens with zero attached hydrogens (tertiary/aromatic N) is 1. The van der Waals surface area contributed by atoms with Crippen molar-refractivity contribution in [1.29, 1.82) is 5.26 Å². The number of rotatable bonds is 4. The van der Waals surface area contributed by atoms with Crippen LogP contribution in [0.25, 0.3) is 0 Å². The number of nitrogens with one attached hydrogen (secondary N) is 1. The van der Waals surface area contributed by atoms with Gasteiger partial charge in [-0.25, -0.2) is 0 Å². The summed E-state index contributed by atoms with van der Waals surface area (Å²) in [5.74, 6) is 0. The van der Waals surface area contributed by atoms with E-state index in [0.717, 1.165) is 16.1 Å².